The Morgan fingerprint density at radius 1 is 0.333 bits per heavy atom. The molecule has 4 heterocycles. The SMILES string of the molecule is CC1(C)c2cc(-n3c4ccccc4c4cc5ccc6oc7ccccc7c6c5cc43)ccc2-c2ccc(-n3c4ccccc4c4cc5ccc6oc7ccccc7c6c5cc43)cc21. The molecule has 0 amide bonds. The summed E-state index contributed by atoms with van der Waals surface area (Å²) in [6.07, 6.45) is 0. The molecule has 1 aliphatic carbocycles. The third-order valence-electron chi connectivity index (χ3n) is 14.5. The van der Waals surface area contributed by atoms with Crippen LogP contribution in [0, 0.1) is 0 Å². The van der Waals surface area contributed by atoms with Crippen LogP contribution in [0.1, 0.15) is 25.0 Å². The molecule has 0 radical (unpaired) electrons. The first-order valence-electron chi connectivity index (χ1n) is 21.8. The number of aromatic nitrogens is 2. The van der Waals surface area contributed by atoms with Crippen LogP contribution in [-0.2, 0) is 5.41 Å². The molecular weight excluding hydrogens is 769 g/mol. The van der Waals surface area contributed by atoms with Crippen molar-refractivity contribution in [3.8, 4) is 22.5 Å². The molecule has 63 heavy (non-hydrogen) atoms. The summed E-state index contributed by atoms with van der Waals surface area (Å²) in [4.78, 5) is 0. The Morgan fingerprint density at radius 3 is 1.24 bits per heavy atom. The highest BCUT2D eigenvalue weighted by atomic mass is 16.3. The van der Waals surface area contributed by atoms with Gasteiger partial charge in [0.2, 0.25) is 0 Å². The summed E-state index contributed by atoms with van der Waals surface area (Å²) in [6, 6.07) is 66.9. The quantitative estimate of drug-likeness (QED) is 0.174. The summed E-state index contributed by atoms with van der Waals surface area (Å²) in [6.45, 7) is 4.79. The van der Waals surface area contributed by atoms with Gasteiger partial charge < -0.3 is 18.0 Å². The van der Waals surface area contributed by atoms with Crippen molar-refractivity contribution in [1.29, 1.82) is 0 Å². The molecule has 0 saturated carbocycles. The van der Waals surface area contributed by atoms with Crippen LogP contribution in [0.5, 0.6) is 0 Å². The molecule has 294 valence electrons. The van der Waals surface area contributed by atoms with Crippen molar-refractivity contribution in [1.82, 2.24) is 9.13 Å². The number of hydrogen-bond donors (Lipinski definition) is 0. The smallest absolute Gasteiger partial charge is 0.136 e. The maximum Gasteiger partial charge on any atom is 0.136 e. The molecule has 14 aromatic rings. The molecule has 0 saturated heterocycles. The van der Waals surface area contributed by atoms with E-state index in [4.69, 9.17) is 8.83 Å². The van der Waals surface area contributed by atoms with Crippen LogP contribution in [0.3, 0.4) is 0 Å². The van der Waals surface area contributed by atoms with Gasteiger partial charge in [-0.1, -0.05) is 111 Å². The molecule has 4 aromatic heterocycles. The van der Waals surface area contributed by atoms with Crippen LogP contribution in [-0.4, -0.2) is 9.13 Å². The predicted octanol–water partition coefficient (Wildman–Crippen LogP) is 16.3. The summed E-state index contributed by atoms with van der Waals surface area (Å²) in [5.74, 6) is 0. The first kappa shape index (κ1) is 33.6. The van der Waals surface area contributed by atoms with Gasteiger partial charge in [0.05, 0.1) is 22.1 Å². The van der Waals surface area contributed by atoms with E-state index >= 15 is 0 Å². The van der Waals surface area contributed by atoms with E-state index in [1.54, 1.807) is 0 Å². The van der Waals surface area contributed by atoms with Gasteiger partial charge in [0.15, 0.2) is 0 Å². The van der Waals surface area contributed by atoms with Crippen LogP contribution < -0.4 is 0 Å². The van der Waals surface area contributed by atoms with Crippen LogP contribution >= 0.6 is 0 Å². The number of para-hydroxylation sites is 4. The van der Waals surface area contributed by atoms with Gasteiger partial charge in [-0.05, 0) is 129 Å². The van der Waals surface area contributed by atoms with E-state index in [9.17, 15) is 0 Å². The number of rotatable bonds is 2. The fourth-order valence-corrected chi connectivity index (χ4v) is 11.6. The third-order valence-corrected chi connectivity index (χ3v) is 14.5. The molecule has 0 fully saturated rings. The Balaban J connectivity index is 0.924. The third kappa shape index (κ3) is 4.30. The molecule has 4 heteroatoms. The monoisotopic (exact) mass is 804 g/mol. The number of hydrogen-bond acceptors (Lipinski definition) is 2. The Hall–Kier alpha value is -8.08. The first-order chi connectivity index (χ1) is 31.0. The minimum absolute atomic E-state index is 0.253. The molecule has 0 N–H and O–H groups in total. The normalized spacial score (nSPS) is 13.7. The van der Waals surface area contributed by atoms with E-state index in [2.05, 4.69) is 193 Å². The van der Waals surface area contributed by atoms with E-state index in [1.807, 2.05) is 12.1 Å². The Kier molecular flexibility index (Phi) is 6.21. The van der Waals surface area contributed by atoms with Gasteiger partial charge in [-0.2, -0.15) is 0 Å². The second kappa shape index (κ2) is 11.6. The maximum absolute atomic E-state index is 6.36. The van der Waals surface area contributed by atoms with E-state index in [0.717, 1.165) is 44.5 Å². The summed E-state index contributed by atoms with van der Waals surface area (Å²) < 4.78 is 17.7. The lowest BCUT2D eigenvalue weighted by Crippen LogP contribution is -2.16. The van der Waals surface area contributed by atoms with Crippen molar-refractivity contribution < 1.29 is 8.83 Å². The van der Waals surface area contributed by atoms with Gasteiger partial charge in [0.1, 0.15) is 22.3 Å². The zero-order chi connectivity index (χ0) is 41.3. The molecule has 0 unspecified atom stereocenters. The first-order valence-corrected chi connectivity index (χ1v) is 21.8. The average molecular weight is 805 g/mol. The molecular formula is C59H36N2O2. The Morgan fingerprint density at radius 2 is 0.762 bits per heavy atom. The van der Waals surface area contributed by atoms with Crippen molar-refractivity contribution in [2.45, 2.75) is 19.3 Å². The minimum atomic E-state index is -0.253. The molecule has 0 spiro atoms. The van der Waals surface area contributed by atoms with E-state index in [1.165, 1.54) is 98.2 Å². The Labute approximate surface area is 360 Å². The molecule has 10 aromatic carbocycles. The van der Waals surface area contributed by atoms with Crippen molar-refractivity contribution in [3.05, 3.63) is 193 Å². The lowest BCUT2D eigenvalue weighted by Gasteiger charge is -2.23. The van der Waals surface area contributed by atoms with Crippen LogP contribution in [0.4, 0.5) is 0 Å². The summed E-state index contributed by atoms with van der Waals surface area (Å²) in [5.41, 5.74) is 15.8. The zero-order valence-corrected chi connectivity index (χ0v) is 34.5. The molecule has 0 aliphatic heterocycles. The van der Waals surface area contributed by atoms with E-state index in [-0.39, 0.29) is 5.41 Å². The van der Waals surface area contributed by atoms with E-state index in [0.29, 0.717) is 0 Å². The topological polar surface area (TPSA) is 36.1 Å². The highest BCUT2D eigenvalue weighted by Gasteiger charge is 2.36. The molecule has 4 nitrogen and oxygen atoms in total. The number of fused-ring (bicyclic) bond motifs is 19. The Bertz CT molecular complexity index is 4080. The van der Waals surface area contributed by atoms with Gasteiger partial charge in [-0.25, -0.2) is 0 Å². The van der Waals surface area contributed by atoms with Crippen LogP contribution in [0.2, 0.25) is 0 Å². The van der Waals surface area contributed by atoms with Gasteiger partial charge in [-0.15, -0.1) is 0 Å². The average Bonchev–Trinajstić information content (AvgIpc) is 4.11. The highest BCUT2D eigenvalue weighted by Crippen LogP contribution is 2.51. The van der Waals surface area contributed by atoms with Crippen molar-refractivity contribution in [2.24, 2.45) is 0 Å². The minimum Gasteiger partial charge on any atom is -0.456 e. The van der Waals surface area contributed by atoms with Gasteiger partial charge in [0, 0.05) is 59.9 Å². The largest absolute Gasteiger partial charge is 0.456 e. The molecule has 0 atom stereocenters. The molecule has 0 bridgehead atoms. The van der Waals surface area contributed by atoms with Crippen LogP contribution in [0.15, 0.2) is 191 Å². The standard InChI is InChI=1S/C59H36N2O2/c1-59(2)47-29-35(60-49-15-7-3-11-39(49)45-27-33-19-25-55-57(43(33)31-51(45)60)41-13-5-9-17-53(41)62-55)21-23-37(47)38-24-22-36(30-48(38)59)61-50-16-8-4-12-40(50)46-28-34-20-26-56-58(44(34)32-52(46)61)42-14-6-10-18-54(42)63-56/h3-32H,1-2H3. The van der Waals surface area contributed by atoms with Gasteiger partial charge in [0.25, 0.3) is 0 Å². The van der Waals surface area contributed by atoms with Crippen molar-refractivity contribution in [3.63, 3.8) is 0 Å². The lowest BCUT2D eigenvalue weighted by molar-refractivity contribution is 0.659. The second-order valence-electron chi connectivity index (χ2n) is 18.0. The van der Waals surface area contributed by atoms with Crippen molar-refractivity contribution in [2.75, 3.05) is 0 Å². The fourth-order valence-electron chi connectivity index (χ4n) is 11.6. The molecule has 1 aliphatic rings. The number of benzene rings is 10. The lowest BCUT2D eigenvalue weighted by atomic mass is 9.82. The second-order valence-corrected chi connectivity index (χ2v) is 18.0. The van der Waals surface area contributed by atoms with Gasteiger partial charge in [-0.3, -0.25) is 0 Å². The predicted molar refractivity (Wildman–Crippen MR) is 262 cm³/mol. The van der Waals surface area contributed by atoms with Gasteiger partial charge >= 0.3 is 0 Å². The summed E-state index contributed by atoms with van der Waals surface area (Å²) >= 11 is 0. The summed E-state index contributed by atoms with van der Waals surface area (Å²) in [5, 5.41) is 14.5. The van der Waals surface area contributed by atoms with Crippen molar-refractivity contribution >= 4 is 109 Å². The molecule has 15 rings (SSSR count). The number of furan rings is 2. The summed E-state index contributed by atoms with van der Waals surface area (Å²) in [7, 11) is 0. The van der Waals surface area contributed by atoms with Crippen LogP contribution in [0.25, 0.3) is 132 Å². The maximum atomic E-state index is 6.36. The van der Waals surface area contributed by atoms with E-state index < -0.39 is 0 Å². The zero-order valence-electron chi connectivity index (χ0n) is 34.5. The fraction of sp³-hybridized carbons (Fsp3) is 0.0508. The highest BCUT2D eigenvalue weighted by molar-refractivity contribution is 6.25. The number of nitrogens with zero attached hydrogens (tertiary/aromatic N) is 2.